The average Bonchev–Trinajstić information content (AvgIpc) is 0.782. The van der Waals surface area contributed by atoms with E-state index in [1.165, 1.54) is 54.6 Å². The molecule has 3 heterocycles. The van der Waals surface area contributed by atoms with Crippen LogP contribution in [-0.2, 0) is 0 Å². The smallest absolute Gasteiger partial charge is 0.164 e. The number of hydrogen-bond acceptors (Lipinski definition) is 12. The Hall–Kier alpha value is -20.1. The summed E-state index contributed by atoms with van der Waals surface area (Å²) in [5.74, 6) is 5.81. The van der Waals surface area contributed by atoms with Gasteiger partial charge in [0.2, 0.25) is 0 Å². The van der Waals surface area contributed by atoms with Gasteiger partial charge >= 0.3 is 0 Å². The molecule has 12 nitrogen and oxygen atoms in total. The van der Waals surface area contributed by atoms with E-state index in [1.807, 2.05) is 255 Å². The van der Waals surface area contributed by atoms with Gasteiger partial charge in [0.1, 0.15) is 0 Å². The second-order valence-corrected chi connectivity index (χ2v) is 34.8. The molecule has 0 bridgehead atoms. The first-order chi connectivity index (χ1) is 71.2. The monoisotopic (exact) mass is 1840 g/mol. The molecule has 0 fully saturated rings. The van der Waals surface area contributed by atoms with E-state index in [9.17, 15) is 10.5 Å². The van der Waals surface area contributed by atoms with Gasteiger partial charge in [-0.15, -0.1) is 0 Å². The van der Waals surface area contributed by atoms with Gasteiger partial charge < -0.3 is 0 Å². The van der Waals surface area contributed by atoms with Crippen LogP contribution in [0.25, 0.3) is 235 Å². The first-order valence-corrected chi connectivity index (χ1v) is 47.5. The van der Waals surface area contributed by atoms with Crippen molar-refractivity contribution in [1.82, 2.24) is 44.9 Å². The Morgan fingerprint density at radius 2 is 0.319 bits per heavy atom. The van der Waals surface area contributed by atoms with Crippen LogP contribution >= 0.6 is 0 Å². The first-order valence-electron chi connectivity index (χ1n) is 47.5. The summed E-state index contributed by atoms with van der Waals surface area (Å²) in [5.41, 5.74) is 30.6. The zero-order chi connectivity index (χ0) is 96.9. The molecule has 0 unspecified atom stereocenters. The van der Waals surface area contributed by atoms with E-state index < -0.39 is 0 Å². The van der Waals surface area contributed by atoms with Crippen LogP contribution in [0.1, 0.15) is 16.7 Å². The van der Waals surface area contributed by atoms with Crippen molar-refractivity contribution < 1.29 is 0 Å². The highest BCUT2D eigenvalue weighted by Gasteiger charge is 2.20. The zero-order valence-corrected chi connectivity index (χ0v) is 77.9. The molecule has 24 aromatic rings. The van der Waals surface area contributed by atoms with E-state index in [-0.39, 0.29) is 0 Å². The minimum absolute atomic E-state index is 0.638. The fourth-order valence-corrected chi connectivity index (χ4v) is 18.2. The van der Waals surface area contributed by atoms with Crippen LogP contribution in [0.5, 0.6) is 0 Å². The molecule has 0 aliphatic carbocycles. The van der Waals surface area contributed by atoms with Gasteiger partial charge in [-0.3, -0.25) is 0 Å². The minimum atomic E-state index is 0.638. The molecule has 0 aliphatic rings. The van der Waals surface area contributed by atoms with Crippen LogP contribution in [0.2, 0.25) is 0 Å². The Morgan fingerprint density at radius 1 is 0.125 bits per heavy atom. The van der Waals surface area contributed by atoms with Crippen molar-refractivity contribution in [2.45, 2.75) is 0 Å². The zero-order valence-electron chi connectivity index (χ0n) is 77.9. The number of hydrogen-bond donors (Lipinski definition) is 0. The second-order valence-electron chi connectivity index (χ2n) is 34.8. The van der Waals surface area contributed by atoms with Crippen LogP contribution < -0.4 is 0 Å². The van der Waals surface area contributed by atoms with Crippen LogP contribution in [0, 0.1) is 34.0 Å². The lowest BCUT2D eigenvalue weighted by molar-refractivity contribution is 1.07. The molecule has 0 atom stereocenters. The van der Waals surface area contributed by atoms with Gasteiger partial charge in [-0.05, 0) is 181 Å². The van der Waals surface area contributed by atoms with E-state index >= 15 is 0 Å². The third-order valence-electron chi connectivity index (χ3n) is 25.8. The number of aromatic nitrogens is 9. The van der Waals surface area contributed by atoms with Crippen molar-refractivity contribution in [2.75, 3.05) is 0 Å². The maximum Gasteiger partial charge on any atom is 0.164 e. The molecule has 0 spiro atoms. The predicted octanol–water partition coefficient (Wildman–Crippen LogP) is 32.7. The SMILES string of the molecule is N#Cc1ccc(-c2ccc(-c3ccc4c(-c5ccc(-c6nc(-c7ccccc7)nc(-c7ccccc7)n6)cc5)cccc4c3)cc2)cc1.N#Cc1cccc(-c2ccc(-c3ccc4c(-c5ccc(-c6nc(-c7ccccc7)nc(-c7ccccc7)n6)cc5)cccc4c3)cc2)c1.N#Cc1ccccc1-c1ccc(-c2ccc3c(-c4ccc(-c5nc(-c6ccccc6)nc(-c6ccccc6)n5)cc4)cccc3c2)cc1. The molecule has 672 valence electrons. The van der Waals surface area contributed by atoms with Gasteiger partial charge in [0, 0.05) is 50.1 Å². The third-order valence-corrected chi connectivity index (χ3v) is 25.8. The van der Waals surface area contributed by atoms with E-state index in [1.54, 1.807) is 0 Å². The lowest BCUT2D eigenvalue weighted by Crippen LogP contribution is -2.00. The summed E-state index contributed by atoms with van der Waals surface area (Å²) in [6, 6.07) is 180. The molecule has 3 aromatic heterocycles. The van der Waals surface area contributed by atoms with E-state index in [0.717, 1.165) is 128 Å². The summed E-state index contributed by atoms with van der Waals surface area (Å²) < 4.78 is 0. The van der Waals surface area contributed by atoms with Gasteiger partial charge in [0.15, 0.2) is 52.4 Å². The lowest BCUT2D eigenvalue weighted by Gasteiger charge is -2.11. The summed E-state index contributed by atoms with van der Waals surface area (Å²) in [6.45, 7) is 0. The van der Waals surface area contributed by atoms with Crippen molar-refractivity contribution >= 4 is 32.3 Å². The highest BCUT2D eigenvalue weighted by atomic mass is 15.1. The molecule has 0 aliphatic heterocycles. The van der Waals surface area contributed by atoms with Crippen molar-refractivity contribution in [1.29, 1.82) is 15.8 Å². The Morgan fingerprint density at radius 3 is 0.590 bits per heavy atom. The van der Waals surface area contributed by atoms with Crippen molar-refractivity contribution in [3.8, 4) is 221 Å². The van der Waals surface area contributed by atoms with Gasteiger partial charge in [0.05, 0.1) is 34.9 Å². The topological polar surface area (TPSA) is 187 Å². The van der Waals surface area contributed by atoms with Crippen molar-refractivity contribution in [3.63, 3.8) is 0 Å². The summed E-state index contributed by atoms with van der Waals surface area (Å²) in [5, 5.41) is 35.0. The van der Waals surface area contributed by atoms with Crippen molar-refractivity contribution in [2.24, 2.45) is 0 Å². The van der Waals surface area contributed by atoms with Crippen molar-refractivity contribution in [3.05, 3.63) is 526 Å². The normalized spacial score (nSPS) is 10.9. The van der Waals surface area contributed by atoms with Crippen LogP contribution in [0.3, 0.4) is 0 Å². The molecule has 0 amide bonds. The highest BCUT2D eigenvalue weighted by Crippen LogP contribution is 2.41. The van der Waals surface area contributed by atoms with E-state index in [2.05, 4.69) is 273 Å². The number of benzene rings is 21. The van der Waals surface area contributed by atoms with Crippen LogP contribution in [0.4, 0.5) is 0 Å². The summed E-state index contributed by atoms with van der Waals surface area (Å²) >= 11 is 0. The van der Waals surface area contributed by atoms with Gasteiger partial charge in [-0.2, -0.15) is 15.8 Å². The quantitative estimate of drug-likeness (QED) is 0.0792. The molecular weight excluding hydrogens is 1750 g/mol. The first kappa shape index (κ1) is 89.1. The summed E-state index contributed by atoms with van der Waals surface area (Å²) in [7, 11) is 0. The molecule has 0 saturated carbocycles. The highest BCUT2D eigenvalue weighted by molar-refractivity contribution is 6.02. The molecule has 24 rings (SSSR count). The maximum absolute atomic E-state index is 9.52. The molecule has 21 aromatic carbocycles. The fourth-order valence-electron chi connectivity index (χ4n) is 18.2. The average molecular weight is 1840 g/mol. The minimum Gasteiger partial charge on any atom is -0.208 e. The van der Waals surface area contributed by atoms with Gasteiger partial charge in [0.25, 0.3) is 0 Å². The van der Waals surface area contributed by atoms with E-state index in [0.29, 0.717) is 69.1 Å². The Bertz CT molecular complexity index is 8760. The molecule has 0 radical (unpaired) electrons. The summed E-state index contributed by atoms with van der Waals surface area (Å²) in [4.78, 5) is 43.8. The maximum atomic E-state index is 9.52. The van der Waals surface area contributed by atoms with E-state index in [4.69, 9.17) is 50.1 Å². The van der Waals surface area contributed by atoms with Gasteiger partial charge in [-0.25, -0.2) is 44.9 Å². The molecular formula is C132H84N12. The Labute approximate surface area is 834 Å². The molecule has 12 heteroatoms. The number of rotatable bonds is 18. The standard InChI is InChI=1S/3C44H28N4/c45-29-30-9-7-14-37(27-30)31-17-19-32(20-18-31)38-25-26-41-39(28-38)15-8-16-40(41)33-21-23-36(24-22-33)44-47-42(34-10-3-1-4-11-34)46-43(48-44)35-12-5-2-6-13-35;45-29-38-14-7-8-16-39(38)31-20-18-30(19-21-31)36-26-27-41-37(28-36)15-9-17-40(41)32-22-24-35(25-23-32)44-47-42(33-10-3-1-4-11-33)46-43(48-44)34-12-5-2-6-13-34;45-29-30-14-16-31(17-15-30)32-18-20-33(21-19-32)38-26-27-41-39(28-38)12-7-13-40(41)34-22-24-37(25-23-34)44-47-42(35-8-3-1-4-9-35)46-43(48-44)36-10-5-2-6-11-36/h3*1-28H. The Balaban J connectivity index is 0.000000123. The fraction of sp³-hybridized carbons (Fsp3) is 0. The number of nitriles is 3. The van der Waals surface area contributed by atoms with Gasteiger partial charge in [-0.1, -0.05) is 461 Å². The molecule has 0 saturated heterocycles. The van der Waals surface area contributed by atoms with Crippen LogP contribution in [-0.4, -0.2) is 44.9 Å². The predicted molar refractivity (Wildman–Crippen MR) is 584 cm³/mol. The third kappa shape index (κ3) is 19.5. The second kappa shape index (κ2) is 41.1. The number of fused-ring (bicyclic) bond motifs is 3. The lowest BCUT2D eigenvalue weighted by atomic mass is 9.93. The largest absolute Gasteiger partial charge is 0.208 e. The van der Waals surface area contributed by atoms with Crippen LogP contribution in [0.15, 0.2) is 510 Å². The number of nitrogens with zero attached hydrogens (tertiary/aromatic N) is 12. The summed E-state index contributed by atoms with van der Waals surface area (Å²) in [6.07, 6.45) is 0. The Kier molecular flexibility index (Phi) is 25.4. The molecule has 0 N–H and O–H groups in total. The molecule has 144 heavy (non-hydrogen) atoms.